The predicted molar refractivity (Wildman–Crippen MR) is 103 cm³/mol. The zero-order valence-corrected chi connectivity index (χ0v) is 17.0. The summed E-state index contributed by atoms with van der Waals surface area (Å²) in [6, 6.07) is -1.27. The summed E-state index contributed by atoms with van der Waals surface area (Å²) in [6.45, 7) is 4.47. The van der Waals surface area contributed by atoms with Crippen molar-refractivity contribution in [3.05, 3.63) is 0 Å². The van der Waals surface area contributed by atoms with Gasteiger partial charge in [-0.25, -0.2) is 9.69 Å². The van der Waals surface area contributed by atoms with Gasteiger partial charge in [0.2, 0.25) is 5.91 Å². The molecule has 4 amide bonds. The molecule has 1 saturated carbocycles. The molecule has 0 aromatic heterocycles. The normalized spacial score (nSPS) is 24.4. The quantitative estimate of drug-likeness (QED) is 0.570. The van der Waals surface area contributed by atoms with Crippen LogP contribution in [-0.4, -0.2) is 67.7 Å². The van der Waals surface area contributed by atoms with E-state index in [0.717, 1.165) is 43.7 Å². The minimum absolute atomic E-state index is 0. The van der Waals surface area contributed by atoms with Gasteiger partial charge in [0.25, 0.3) is 5.91 Å². The van der Waals surface area contributed by atoms with Gasteiger partial charge in [0.15, 0.2) is 0 Å². The molecule has 154 valence electrons. The van der Waals surface area contributed by atoms with Crippen LogP contribution < -0.4 is 16.0 Å². The van der Waals surface area contributed by atoms with E-state index in [1.165, 1.54) is 0 Å². The highest BCUT2D eigenvalue weighted by Crippen LogP contribution is 2.36. The summed E-state index contributed by atoms with van der Waals surface area (Å²) >= 11 is 0. The lowest BCUT2D eigenvalue weighted by molar-refractivity contribution is -0.138. The Morgan fingerprint density at radius 2 is 1.85 bits per heavy atom. The first kappa shape index (κ1) is 21.9. The number of hydrogen-bond donors (Lipinski definition) is 3. The molecule has 0 bridgehead atoms. The molecule has 8 nitrogen and oxygen atoms in total. The van der Waals surface area contributed by atoms with Gasteiger partial charge in [-0.3, -0.25) is 9.59 Å². The van der Waals surface area contributed by atoms with Crippen molar-refractivity contribution >= 4 is 30.3 Å². The Morgan fingerprint density at radius 1 is 1.22 bits per heavy atom. The highest BCUT2D eigenvalue weighted by Gasteiger charge is 2.54. The van der Waals surface area contributed by atoms with Crippen LogP contribution in [0.4, 0.5) is 4.79 Å². The van der Waals surface area contributed by atoms with Gasteiger partial charge in [0.05, 0.1) is 6.61 Å². The van der Waals surface area contributed by atoms with E-state index in [-0.39, 0.29) is 29.6 Å². The molecule has 1 atom stereocenters. The number of carbonyl (C=O) groups excluding carboxylic acids is 3. The molecule has 9 heteroatoms. The van der Waals surface area contributed by atoms with E-state index < -0.39 is 17.6 Å². The molecule has 0 radical (unpaired) electrons. The van der Waals surface area contributed by atoms with Gasteiger partial charge < -0.3 is 20.7 Å². The number of carbonyl (C=O) groups is 3. The minimum atomic E-state index is -0.816. The predicted octanol–water partition coefficient (Wildman–Crippen LogP) is 0.794. The van der Waals surface area contributed by atoms with Crippen LogP contribution in [0.2, 0.25) is 0 Å². The first-order valence-corrected chi connectivity index (χ1v) is 9.56. The summed E-state index contributed by atoms with van der Waals surface area (Å²) in [6.07, 6.45) is 5.00. The molecule has 3 rings (SSSR count). The first-order valence-electron chi connectivity index (χ1n) is 9.56. The minimum Gasteiger partial charge on any atom is -0.384 e. The Hall–Kier alpha value is -1.38. The molecule has 3 fully saturated rings. The van der Waals surface area contributed by atoms with Gasteiger partial charge in [-0.2, -0.15) is 0 Å². The molecular weight excluding hydrogens is 372 g/mol. The van der Waals surface area contributed by atoms with Crippen molar-refractivity contribution in [1.82, 2.24) is 20.9 Å². The third-order valence-electron chi connectivity index (χ3n) is 6.17. The lowest BCUT2D eigenvalue weighted by Crippen LogP contribution is -2.53. The van der Waals surface area contributed by atoms with E-state index >= 15 is 0 Å². The number of halogens is 1. The summed E-state index contributed by atoms with van der Waals surface area (Å²) in [5.74, 6) is -0.548. The highest BCUT2D eigenvalue weighted by molar-refractivity contribution is 6.09. The summed E-state index contributed by atoms with van der Waals surface area (Å²) in [7, 11) is 1.67. The topological polar surface area (TPSA) is 99.8 Å². The number of amides is 4. The molecule has 2 heterocycles. The molecule has 3 N–H and O–H groups in total. The average molecular weight is 403 g/mol. The Balaban J connectivity index is 0.00000261. The van der Waals surface area contributed by atoms with E-state index in [0.29, 0.717) is 26.0 Å². The van der Waals surface area contributed by atoms with Crippen LogP contribution in [0.25, 0.3) is 0 Å². The van der Waals surface area contributed by atoms with Gasteiger partial charge in [-0.1, -0.05) is 12.8 Å². The van der Waals surface area contributed by atoms with Gasteiger partial charge in [-0.05, 0) is 45.7 Å². The maximum absolute atomic E-state index is 12.8. The van der Waals surface area contributed by atoms with Crippen molar-refractivity contribution in [3.63, 3.8) is 0 Å². The molecule has 0 aromatic rings. The van der Waals surface area contributed by atoms with Crippen molar-refractivity contribution < 1.29 is 19.1 Å². The molecule has 1 spiro atoms. The standard InChI is InChI=1S/C18H30N4O4.ClH/c1-13(22-15(24)18(21-16(22)25)5-3-4-6-18)14(23)20-11-17(12-26-2)7-9-19-10-8-17;/h13,19H,3-12H2,1-2H3,(H,20,23)(H,21,25);1H. The van der Waals surface area contributed by atoms with Gasteiger partial charge in [0, 0.05) is 19.1 Å². The van der Waals surface area contributed by atoms with Crippen LogP contribution in [0, 0.1) is 5.41 Å². The van der Waals surface area contributed by atoms with Crippen LogP contribution >= 0.6 is 12.4 Å². The first-order chi connectivity index (χ1) is 12.4. The number of rotatable bonds is 6. The fourth-order valence-corrected chi connectivity index (χ4v) is 4.49. The molecule has 2 saturated heterocycles. The number of methoxy groups -OCH3 is 1. The van der Waals surface area contributed by atoms with Crippen molar-refractivity contribution in [2.24, 2.45) is 5.41 Å². The Bertz CT molecular complexity index is 568. The van der Waals surface area contributed by atoms with Crippen LogP contribution in [0.5, 0.6) is 0 Å². The smallest absolute Gasteiger partial charge is 0.325 e. The second-order valence-corrected chi connectivity index (χ2v) is 7.97. The second-order valence-electron chi connectivity index (χ2n) is 7.97. The Morgan fingerprint density at radius 3 is 2.44 bits per heavy atom. The molecular formula is C18H31ClN4O4. The van der Waals surface area contributed by atoms with Gasteiger partial charge in [-0.15, -0.1) is 12.4 Å². The van der Waals surface area contributed by atoms with Gasteiger partial charge >= 0.3 is 6.03 Å². The van der Waals surface area contributed by atoms with Crippen LogP contribution in [-0.2, 0) is 14.3 Å². The zero-order valence-electron chi connectivity index (χ0n) is 16.1. The average Bonchev–Trinajstić information content (AvgIpc) is 3.19. The fourth-order valence-electron chi connectivity index (χ4n) is 4.49. The van der Waals surface area contributed by atoms with Crippen LogP contribution in [0.1, 0.15) is 45.4 Å². The maximum Gasteiger partial charge on any atom is 0.325 e. The molecule has 2 aliphatic heterocycles. The number of urea groups is 1. The molecule has 1 unspecified atom stereocenters. The van der Waals surface area contributed by atoms with Crippen LogP contribution in [0.15, 0.2) is 0 Å². The number of nitrogens with zero attached hydrogens (tertiary/aromatic N) is 1. The molecule has 1 aliphatic carbocycles. The summed E-state index contributed by atoms with van der Waals surface area (Å²) in [4.78, 5) is 38.9. The van der Waals surface area contributed by atoms with E-state index in [1.54, 1.807) is 14.0 Å². The Labute approximate surface area is 166 Å². The second kappa shape index (κ2) is 8.75. The number of nitrogens with one attached hydrogen (secondary N) is 3. The van der Waals surface area contributed by atoms with Crippen molar-refractivity contribution in [2.75, 3.05) is 33.4 Å². The van der Waals surface area contributed by atoms with E-state index in [9.17, 15) is 14.4 Å². The Kier molecular flexibility index (Phi) is 7.10. The SMILES string of the molecule is COCC1(CNC(=O)C(C)N2C(=O)NC3(CCCC3)C2=O)CCNCC1.Cl. The number of piperidine rings is 1. The van der Waals surface area contributed by atoms with E-state index in [4.69, 9.17) is 4.74 Å². The molecule has 3 aliphatic rings. The van der Waals surface area contributed by atoms with Crippen LogP contribution in [0.3, 0.4) is 0 Å². The van der Waals surface area contributed by atoms with Crippen molar-refractivity contribution in [1.29, 1.82) is 0 Å². The highest BCUT2D eigenvalue weighted by atomic mass is 35.5. The zero-order chi connectivity index (χ0) is 18.8. The lowest BCUT2D eigenvalue weighted by atomic mass is 9.79. The monoisotopic (exact) mass is 402 g/mol. The molecule has 27 heavy (non-hydrogen) atoms. The summed E-state index contributed by atoms with van der Waals surface area (Å²) in [5.41, 5.74) is -0.878. The van der Waals surface area contributed by atoms with E-state index in [1.807, 2.05) is 0 Å². The van der Waals surface area contributed by atoms with E-state index in [2.05, 4.69) is 16.0 Å². The third-order valence-corrected chi connectivity index (χ3v) is 6.17. The number of hydrogen-bond acceptors (Lipinski definition) is 5. The third kappa shape index (κ3) is 4.22. The molecule has 0 aromatic carbocycles. The maximum atomic E-state index is 12.8. The number of imide groups is 1. The van der Waals surface area contributed by atoms with Gasteiger partial charge in [0.1, 0.15) is 11.6 Å². The largest absolute Gasteiger partial charge is 0.384 e. The number of ether oxygens (including phenoxy) is 1. The fraction of sp³-hybridized carbons (Fsp3) is 0.833. The van der Waals surface area contributed by atoms with Crippen molar-refractivity contribution in [2.45, 2.75) is 57.0 Å². The summed E-state index contributed by atoms with van der Waals surface area (Å²) < 4.78 is 5.37. The summed E-state index contributed by atoms with van der Waals surface area (Å²) in [5, 5.41) is 9.10. The van der Waals surface area contributed by atoms with Crippen molar-refractivity contribution in [3.8, 4) is 0 Å². The lowest BCUT2D eigenvalue weighted by Gasteiger charge is -2.37.